The average molecular weight is 286 g/mol. The standard InChI is InChI=1S/C18H26N2O/c1-5-17(6-2)20(13-14(3)4)18(21)11-15-7-9-16(12-19)10-8-15/h7-10,14,17H,5-6,11,13H2,1-4H3. The van der Waals surface area contributed by atoms with Crippen molar-refractivity contribution < 1.29 is 4.79 Å². The van der Waals surface area contributed by atoms with Crippen molar-refractivity contribution >= 4 is 5.91 Å². The summed E-state index contributed by atoms with van der Waals surface area (Å²) < 4.78 is 0. The number of nitrogens with zero attached hydrogens (tertiary/aromatic N) is 2. The van der Waals surface area contributed by atoms with Crippen LogP contribution < -0.4 is 0 Å². The van der Waals surface area contributed by atoms with Gasteiger partial charge in [0.25, 0.3) is 0 Å². The van der Waals surface area contributed by atoms with E-state index >= 15 is 0 Å². The summed E-state index contributed by atoms with van der Waals surface area (Å²) in [5, 5.41) is 8.81. The molecule has 0 aliphatic rings. The number of hydrogen-bond donors (Lipinski definition) is 0. The summed E-state index contributed by atoms with van der Waals surface area (Å²) >= 11 is 0. The van der Waals surface area contributed by atoms with E-state index in [2.05, 4.69) is 33.8 Å². The third-order valence-corrected chi connectivity index (χ3v) is 3.70. The molecule has 0 aromatic heterocycles. The van der Waals surface area contributed by atoms with Crippen molar-refractivity contribution in [2.24, 2.45) is 5.92 Å². The van der Waals surface area contributed by atoms with Gasteiger partial charge < -0.3 is 4.90 Å². The van der Waals surface area contributed by atoms with Crippen LogP contribution in [0, 0.1) is 17.2 Å². The molecule has 0 saturated heterocycles. The maximum Gasteiger partial charge on any atom is 0.227 e. The minimum Gasteiger partial charge on any atom is -0.339 e. The van der Waals surface area contributed by atoms with Gasteiger partial charge in [0.05, 0.1) is 18.1 Å². The van der Waals surface area contributed by atoms with Gasteiger partial charge in [-0.1, -0.05) is 39.8 Å². The molecular weight excluding hydrogens is 260 g/mol. The van der Waals surface area contributed by atoms with Crippen LogP contribution in [0.1, 0.15) is 51.7 Å². The van der Waals surface area contributed by atoms with Crippen molar-refractivity contribution in [1.82, 2.24) is 4.90 Å². The molecule has 0 atom stereocenters. The van der Waals surface area contributed by atoms with Crippen LogP contribution in [0.25, 0.3) is 0 Å². The summed E-state index contributed by atoms with van der Waals surface area (Å²) in [7, 11) is 0. The molecule has 1 rings (SSSR count). The first-order valence-electron chi connectivity index (χ1n) is 7.80. The predicted molar refractivity (Wildman–Crippen MR) is 85.8 cm³/mol. The smallest absolute Gasteiger partial charge is 0.227 e. The fourth-order valence-electron chi connectivity index (χ4n) is 2.55. The summed E-state index contributed by atoms with van der Waals surface area (Å²) in [5.41, 5.74) is 1.60. The minimum absolute atomic E-state index is 0.183. The maximum atomic E-state index is 12.6. The number of benzene rings is 1. The van der Waals surface area contributed by atoms with Crippen molar-refractivity contribution in [3.05, 3.63) is 35.4 Å². The van der Waals surface area contributed by atoms with Gasteiger partial charge in [-0.2, -0.15) is 5.26 Å². The van der Waals surface area contributed by atoms with E-state index < -0.39 is 0 Å². The molecule has 21 heavy (non-hydrogen) atoms. The molecule has 3 heteroatoms. The third kappa shape index (κ3) is 5.23. The first kappa shape index (κ1) is 17.2. The van der Waals surface area contributed by atoms with Crippen molar-refractivity contribution in [1.29, 1.82) is 5.26 Å². The van der Waals surface area contributed by atoms with Crippen LogP contribution in [-0.4, -0.2) is 23.4 Å². The molecule has 0 bridgehead atoms. The van der Waals surface area contributed by atoms with E-state index in [1.54, 1.807) is 12.1 Å². The molecule has 0 heterocycles. The van der Waals surface area contributed by atoms with Crippen LogP contribution in [0.5, 0.6) is 0 Å². The topological polar surface area (TPSA) is 44.1 Å². The fourth-order valence-corrected chi connectivity index (χ4v) is 2.55. The van der Waals surface area contributed by atoms with Crippen LogP contribution in [0.4, 0.5) is 0 Å². The lowest BCUT2D eigenvalue weighted by atomic mass is 10.0. The Labute approximate surface area is 128 Å². The highest BCUT2D eigenvalue weighted by Gasteiger charge is 2.21. The number of carbonyl (C=O) groups is 1. The Morgan fingerprint density at radius 3 is 2.19 bits per heavy atom. The highest BCUT2D eigenvalue weighted by atomic mass is 16.2. The van der Waals surface area contributed by atoms with Crippen LogP contribution in [0.2, 0.25) is 0 Å². The van der Waals surface area contributed by atoms with Crippen LogP contribution in [0.15, 0.2) is 24.3 Å². The van der Waals surface area contributed by atoms with Crippen LogP contribution in [0.3, 0.4) is 0 Å². The zero-order chi connectivity index (χ0) is 15.8. The second-order valence-electron chi connectivity index (χ2n) is 5.90. The van der Waals surface area contributed by atoms with Gasteiger partial charge in [0, 0.05) is 12.6 Å². The molecular formula is C18H26N2O. The molecule has 0 spiro atoms. The van der Waals surface area contributed by atoms with E-state index in [-0.39, 0.29) is 5.91 Å². The number of hydrogen-bond acceptors (Lipinski definition) is 2. The van der Waals surface area contributed by atoms with E-state index in [0.717, 1.165) is 24.9 Å². The highest BCUT2D eigenvalue weighted by Crippen LogP contribution is 2.14. The van der Waals surface area contributed by atoms with E-state index in [1.165, 1.54) is 0 Å². The lowest BCUT2D eigenvalue weighted by Crippen LogP contribution is -2.42. The Hall–Kier alpha value is -1.82. The molecule has 114 valence electrons. The van der Waals surface area contributed by atoms with Gasteiger partial charge in [-0.25, -0.2) is 0 Å². The first-order valence-corrected chi connectivity index (χ1v) is 7.80. The van der Waals surface area contributed by atoms with Gasteiger partial charge in [-0.15, -0.1) is 0 Å². The van der Waals surface area contributed by atoms with Gasteiger partial charge in [0.15, 0.2) is 0 Å². The van der Waals surface area contributed by atoms with Gasteiger partial charge >= 0.3 is 0 Å². The van der Waals surface area contributed by atoms with Crippen LogP contribution in [-0.2, 0) is 11.2 Å². The van der Waals surface area contributed by atoms with E-state index in [9.17, 15) is 4.79 Å². The van der Waals surface area contributed by atoms with Gasteiger partial charge in [0.1, 0.15) is 0 Å². The van der Waals surface area contributed by atoms with Gasteiger partial charge in [-0.3, -0.25) is 4.79 Å². The van der Waals surface area contributed by atoms with Gasteiger partial charge in [0.2, 0.25) is 5.91 Å². The summed E-state index contributed by atoms with van der Waals surface area (Å²) in [6.45, 7) is 9.36. The molecule has 0 radical (unpaired) electrons. The second-order valence-corrected chi connectivity index (χ2v) is 5.90. The van der Waals surface area contributed by atoms with Crippen LogP contribution >= 0.6 is 0 Å². The Morgan fingerprint density at radius 2 is 1.76 bits per heavy atom. The normalized spacial score (nSPS) is 10.7. The Bertz CT molecular complexity index is 481. The summed E-state index contributed by atoms with van der Waals surface area (Å²) in [5.74, 6) is 0.651. The number of rotatable bonds is 7. The summed E-state index contributed by atoms with van der Waals surface area (Å²) in [4.78, 5) is 14.7. The summed E-state index contributed by atoms with van der Waals surface area (Å²) in [6.07, 6.45) is 2.39. The molecule has 0 N–H and O–H groups in total. The largest absolute Gasteiger partial charge is 0.339 e. The second kappa shape index (κ2) is 8.46. The van der Waals surface area contributed by atoms with E-state index in [4.69, 9.17) is 5.26 Å². The molecule has 0 saturated carbocycles. The third-order valence-electron chi connectivity index (χ3n) is 3.70. The zero-order valence-electron chi connectivity index (χ0n) is 13.6. The fraction of sp³-hybridized carbons (Fsp3) is 0.556. The minimum atomic E-state index is 0.183. The Morgan fingerprint density at radius 1 is 1.19 bits per heavy atom. The van der Waals surface area contributed by atoms with Crippen molar-refractivity contribution in [3.63, 3.8) is 0 Å². The average Bonchev–Trinajstić information content (AvgIpc) is 2.47. The monoisotopic (exact) mass is 286 g/mol. The van der Waals surface area contributed by atoms with Crippen molar-refractivity contribution in [2.75, 3.05) is 6.54 Å². The van der Waals surface area contributed by atoms with E-state index in [0.29, 0.717) is 23.9 Å². The SMILES string of the molecule is CCC(CC)N(CC(C)C)C(=O)Cc1ccc(C#N)cc1. The van der Waals surface area contributed by atoms with Gasteiger partial charge in [-0.05, 0) is 36.5 Å². The van der Waals surface area contributed by atoms with Crippen molar-refractivity contribution in [2.45, 2.75) is 53.0 Å². The Balaban J connectivity index is 2.81. The lowest BCUT2D eigenvalue weighted by molar-refractivity contribution is -0.133. The molecule has 0 unspecified atom stereocenters. The highest BCUT2D eigenvalue weighted by molar-refractivity contribution is 5.79. The quantitative estimate of drug-likeness (QED) is 0.765. The zero-order valence-corrected chi connectivity index (χ0v) is 13.6. The van der Waals surface area contributed by atoms with Crippen molar-refractivity contribution in [3.8, 4) is 6.07 Å². The molecule has 1 aromatic rings. The predicted octanol–water partition coefficient (Wildman–Crippen LogP) is 3.77. The molecule has 0 fully saturated rings. The molecule has 3 nitrogen and oxygen atoms in total. The summed E-state index contributed by atoms with van der Waals surface area (Å²) in [6, 6.07) is 9.70. The lowest BCUT2D eigenvalue weighted by Gasteiger charge is -2.32. The number of amides is 1. The van der Waals surface area contributed by atoms with E-state index in [1.807, 2.05) is 17.0 Å². The maximum absolute atomic E-state index is 12.6. The molecule has 0 aliphatic carbocycles. The molecule has 1 aromatic carbocycles. The number of carbonyl (C=O) groups excluding carboxylic acids is 1. The Kier molecular flexibility index (Phi) is 6.94. The molecule has 0 aliphatic heterocycles. The first-order chi connectivity index (χ1) is 10.0. The number of nitriles is 1. The molecule has 1 amide bonds.